The van der Waals surface area contributed by atoms with Crippen LogP contribution in [0.4, 0.5) is 34.1 Å². The first kappa shape index (κ1) is 15.2. The van der Waals surface area contributed by atoms with Crippen molar-refractivity contribution in [1.82, 2.24) is 0 Å². The highest BCUT2D eigenvalue weighted by molar-refractivity contribution is 6.05. The molecule has 0 heterocycles. The van der Waals surface area contributed by atoms with E-state index < -0.39 is 0 Å². The molecule has 0 aromatic heterocycles. The van der Waals surface area contributed by atoms with Gasteiger partial charge in [0.05, 0.1) is 42.7 Å². The molecule has 0 amide bonds. The minimum atomic E-state index is 0.177. The summed E-state index contributed by atoms with van der Waals surface area (Å²) in [4.78, 5) is 0. The molecule has 0 unspecified atom stereocenters. The normalized spacial score (nSPS) is 10.5. The fourth-order valence-corrected chi connectivity index (χ4v) is 2.38. The van der Waals surface area contributed by atoms with Crippen LogP contribution in [0.1, 0.15) is 0 Å². The van der Waals surface area contributed by atoms with E-state index >= 15 is 0 Å². The Bertz CT molecular complexity index is 745. The molecule has 0 fully saturated rings. The van der Waals surface area contributed by atoms with Crippen molar-refractivity contribution in [3.63, 3.8) is 0 Å². The van der Waals surface area contributed by atoms with Gasteiger partial charge in [0.1, 0.15) is 5.69 Å². The molecule has 0 aliphatic rings. The van der Waals surface area contributed by atoms with Crippen LogP contribution in [-0.2, 0) is 0 Å². The Morgan fingerprint density at radius 1 is 0.636 bits per heavy atom. The molecule has 2 aromatic carbocycles. The molecular formula is C14H20N6O2. The molecule has 0 radical (unpaired) electrons. The molecule has 2 rings (SSSR count). The molecule has 22 heavy (non-hydrogen) atoms. The number of hydrogen-bond donors (Lipinski definition) is 6. The molecule has 118 valence electrons. The Labute approximate surface area is 127 Å². The standard InChI is InChI=1S/C14H20N6O2/c1-21-13-6(15)4-3-5(8(13)16)7-9(17)11(19)12(20)14(22-2)10(7)18/h3-4H,15-20H2,1-2H3. The van der Waals surface area contributed by atoms with Crippen molar-refractivity contribution in [2.24, 2.45) is 0 Å². The van der Waals surface area contributed by atoms with Crippen LogP contribution in [0.25, 0.3) is 11.1 Å². The molecule has 0 aliphatic carbocycles. The van der Waals surface area contributed by atoms with Gasteiger partial charge in [-0.15, -0.1) is 0 Å². The van der Waals surface area contributed by atoms with Gasteiger partial charge in [0.25, 0.3) is 0 Å². The van der Waals surface area contributed by atoms with Gasteiger partial charge in [0.15, 0.2) is 11.5 Å². The van der Waals surface area contributed by atoms with E-state index in [1.54, 1.807) is 12.1 Å². The Kier molecular flexibility index (Phi) is 3.68. The lowest BCUT2D eigenvalue weighted by Crippen LogP contribution is -2.09. The third-order valence-electron chi connectivity index (χ3n) is 3.51. The van der Waals surface area contributed by atoms with E-state index in [2.05, 4.69) is 0 Å². The average Bonchev–Trinajstić information content (AvgIpc) is 2.48. The van der Waals surface area contributed by atoms with Gasteiger partial charge >= 0.3 is 0 Å². The predicted molar refractivity (Wildman–Crippen MR) is 91.5 cm³/mol. The summed E-state index contributed by atoms with van der Waals surface area (Å²) in [5.74, 6) is 0.586. The molecular weight excluding hydrogens is 284 g/mol. The van der Waals surface area contributed by atoms with E-state index in [-0.39, 0.29) is 28.5 Å². The highest BCUT2D eigenvalue weighted by Gasteiger charge is 2.22. The summed E-state index contributed by atoms with van der Waals surface area (Å²) >= 11 is 0. The third-order valence-corrected chi connectivity index (χ3v) is 3.51. The first-order valence-corrected chi connectivity index (χ1v) is 6.37. The van der Waals surface area contributed by atoms with Gasteiger partial charge in [-0.2, -0.15) is 0 Å². The van der Waals surface area contributed by atoms with E-state index in [0.29, 0.717) is 28.3 Å². The summed E-state index contributed by atoms with van der Waals surface area (Å²) in [5, 5.41) is 0. The van der Waals surface area contributed by atoms with Gasteiger partial charge in [-0.25, -0.2) is 0 Å². The summed E-state index contributed by atoms with van der Waals surface area (Å²) in [5.41, 5.74) is 38.4. The second kappa shape index (κ2) is 5.32. The van der Waals surface area contributed by atoms with Crippen LogP contribution < -0.4 is 43.9 Å². The van der Waals surface area contributed by atoms with Gasteiger partial charge < -0.3 is 43.9 Å². The number of hydrogen-bond acceptors (Lipinski definition) is 8. The smallest absolute Gasteiger partial charge is 0.167 e. The van der Waals surface area contributed by atoms with Crippen molar-refractivity contribution in [2.45, 2.75) is 0 Å². The molecule has 0 aliphatic heterocycles. The fourth-order valence-electron chi connectivity index (χ4n) is 2.38. The Hall–Kier alpha value is -3.16. The Morgan fingerprint density at radius 2 is 1.23 bits per heavy atom. The minimum Gasteiger partial charge on any atom is -0.492 e. The SMILES string of the molecule is COc1c(N)ccc(-c2c(N)c(N)c(N)c(OC)c2N)c1N. The molecule has 0 saturated carbocycles. The Balaban J connectivity index is 2.87. The lowest BCUT2D eigenvalue weighted by Gasteiger charge is -2.20. The van der Waals surface area contributed by atoms with Crippen LogP contribution in [0.15, 0.2) is 12.1 Å². The highest BCUT2D eigenvalue weighted by atomic mass is 16.5. The zero-order valence-electron chi connectivity index (χ0n) is 12.4. The molecule has 2 aromatic rings. The molecule has 8 nitrogen and oxygen atoms in total. The zero-order valence-corrected chi connectivity index (χ0v) is 12.4. The number of nitrogens with two attached hydrogens (primary N) is 6. The van der Waals surface area contributed by atoms with Gasteiger partial charge in [-0.1, -0.05) is 0 Å². The van der Waals surface area contributed by atoms with Gasteiger partial charge in [0, 0.05) is 11.1 Å². The number of benzene rings is 2. The van der Waals surface area contributed by atoms with Crippen molar-refractivity contribution in [1.29, 1.82) is 0 Å². The first-order valence-electron chi connectivity index (χ1n) is 6.37. The summed E-state index contributed by atoms with van der Waals surface area (Å²) in [7, 11) is 2.91. The summed E-state index contributed by atoms with van der Waals surface area (Å²) in [6.45, 7) is 0. The number of nitrogen functional groups attached to an aromatic ring is 6. The summed E-state index contributed by atoms with van der Waals surface area (Å²) in [6.07, 6.45) is 0. The van der Waals surface area contributed by atoms with Gasteiger partial charge in [-0.3, -0.25) is 0 Å². The van der Waals surface area contributed by atoms with Crippen molar-refractivity contribution in [3.05, 3.63) is 12.1 Å². The predicted octanol–water partition coefficient (Wildman–Crippen LogP) is 0.864. The second-order valence-corrected chi connectivity index (χ2v) is 4.71. The fraction of sp³-hybridized carbons (Fsp3) is 0.143. The van der Waals surface area contributed by atoms with E-state index in [0.717, 1.165) is 0 Å². The maximum atomic E-state index is 6.13. The third kappa shape index (κ3) is 2.01. The summed E-state index contributed by atoms with van der Waals surface area (Å²) < 4.78 is 10.4. The minimum absolute atomic E-state index is 0.177. The van der Waals surface area contributed by atoms with Crippen LogP contribution in [0.2, 0.25) is 0 Å². The zero-order chi connectivity index (χ0) is 16.6. The largest absolute Gasteiger partial charge is 0.492 e. The molecule has 0 saturated heterocycles. The lowest BCUT2D eigenvalue weighted by molar-refractivity contribution is 0.419. The van der Waals surface area contributed by atoms with Crippen molar-refractivity contribution >= 4 is 34.1 Å². The average molecular weight is 304 g/mol. The first-order chi connectivity index (χ1) is 10.3. The maximum absolute atomic E-state index is 6.13. The van der Waals surface area contributed by atoms with Crippen molar-refractivity contribution < 1.29 is 9.47 Å². The summed E-state index contributed by atoms with van der Waals surface area (Å²) in [6, 6.07) is 3.33. The monoisotopic (exact) mass is 304 g/mol. The number of rotatable bonds is 3. The van der Waals surface area contributed by atoms with Crippen LogP contribution in [-0.4, -0.2) is 14.2 Å². The van der Waals surface area contributed by atoms with Crippen LogP contribution >= 0.6 is 0 Å². The molecule has 8 heteroatoms. The Morgan fingerprint density at radius 3 is 1.77 bits per heavy atom. The van der Waals surface area contributed by atoms with Crippen LogP contribution in [0.3, 0.4) is 0 Å². The van der Waals surface area contributed by atoms with E-state index in [4.69, 9.17) is 43.9 Å². The topological polar surface area (TPSA) is 175 Å². The van der Waals surface area contributed by atoms with Gasteiger partial charge in [0.2, 0.25) is 0 Å². The van der Waals surface area contributed by atoms with E-state index in [9.17, 15) is 0 Å². The van der Waals surface area contributed by atoms with Crippen molar-refractivity contribution in [3.8, 4) is 22.6 Å². The molecule has 0 bridgehead atoms. The van der Waals surface area contributed by atoms with Gasteiger partial charge in [-0.05, 0) is 12.1 Å². The van der Waals surface area contributed by atoms with E-state index in [1.807, 2.05) is 0 Å². The number of ether oxygens (including phenoxy) is 2. The number of methoxy groups -OCH3 is 2. The highest BCUT2D eigenvalue weighted by Crippen LogP contribution is 2.50. The maximum Gasteiger partial charge on any atom is 0.167 e. The lowest BCUT2D eigenvalue weighted by atomic mass is 9.96. The number of anilines is 6. The molecule has 0 spiro atoms. The quantitative estimate of drug-likeness (QED) is 0.452. The molecule has 12 N–H and O–H groups in total. The van der Waals surface area contributed by atoms with E-state index in [1.165, 1.54) is 14.2 Å². The van der Waals surface area contributed by atoms with Crippen molar-refractivity contribution in [2.75, 3.05) is 48.6 Å². The van der Waals surface area contributed by atoms with Crippen LogP contribution in [0.5, 0.6) is 11.5 Å². The van der Waals surface area contributed by atoms with Crippen LogP contribution in [0, 0.1) is 0 Å². The molecule has 0 atom stereocenters. The second-order valence-electron chi connectivity index (χ2n) is 4.71.